The van der Waals surface area contributed by atoms with E-state index in [0.717, 1.165) is 0 Å². The smallest absolute Gasteiger partial charge is 0.270 e. The second kappa shape index (κ2) is 6.87. The van der Waals surface area contributed by atoms with Gasteiger partial charge >= 0.3 is 0 Å². The topological polar surface area (TPSA) is 124 Å². The van der Waals surface area contributed by atoms with E-state index in [1.54, 1.807) is 31.3 Å². The van der Waals surface area contributed by atoms with Crippen molar-refractivity contribution >= 4 is 11.6 Å². The largest absolute Gasteiger partial charge is 0.341 e. The first-order valence-electron chi connectivity index (χ1n) is 7.35. The highest BCUT2D eigenvalue weighted by atomic mass is 16.6. The lowest BCUT2D eigenvalue weighted by Gasteiger charge is -2.09. The number of nitrogens with one attached hydrogen (secondary N) is 1. The molecule has 1 atom stereocenters. The van der Waals surface area contributed by atoms with Crippen LogP contribution >= 0.6 is 0 Å². The van der Waals surface area contributed by atoms with Crippen LogP contribution in [0.15, 0.2) is 53.2 Å². The molecule has 9 heteroatoms. The summed E-state index contributed by atoms with van der Waals surface area (Å²) in [6, 6.07) is 10.2. The van der Waals surface area contributed by atoms with Gasteiger partial charge in [0.25, 0.3) is 11.6 Å². The van der Waals surface area contributed by atoms with Gasteiger partial charge in [0.05, 0.1) is 4.92 Å². The summed E-state index contributed by atoms with van der Waals surface area (Å²) in [6.07, 6.45) is 1.61. The third-order valence-corrected chi connectivity index (χ3v) is 3.37. The van der Waals surface area contributed by atoms with Gasteiger partial charge in [0.15, 0.2) is 0 Å². The van der Waals surface area contributed by atoms with Gasteiger partial charge in [-0.3, -0.25) is 19.9 Å². The molecule has 1 N–H and O–H groups in total. The minimum absolute atomic E-state index is 0.157. The summed E-state index contributed by atoms with van der Waals surface area (Å²) in [5.74, 6) is 0.0419. The van der Waals surface area contributed by atoms with E-state index in [4.69, 9.17) is 4.52 Å². The number of aromatic nitrogens is 3. The number of nitro benzene ring substituents is 1. The second-order valence-electron chi connectivity index (χ2n) is 5.17. The number of carbonyl (C=O) groups is 1. The van der Waals surface area contributed by atoms with Gasteiger partial charge < -0.3 is 9.84 Å². The summed E-state index contributed by atoms with van der Waals surface area (Å²) in [7, 11) is 0. The Bertz CT molecular complexity index is 910. The van der Waals surface area contributed by atoms with E-state index in [2.05, 4.69) is 20.4 Å². The zero-order chi connectivity index (χ0) is 17.8. The second-order valence-corrected chi connectivity index (χ2v) is 5.17. The van der Waals surface area contributed by atoms with Crippen LogP contribution < -0.4 is 5.32 Å². The lowest BCUT2D eigenvalue weighted by molar-refractivity contribution is -0.384. The van der Waals surface area contributed by atoms with Crippen molar-refractivity contribution in [2.75, 3.05) is 0 Å². The molecule has 0 saturated carbocycles. The van der Waals surface area contributed by atoms with Crippen LogP contribution in [0.1, 0.15) is 29.2 Å². The molecule has 2 heterocycles. The number of amides is 1. The van der Waals surface area contributed by atoms with Gasteiger partial charge in [-0.2, -0.15) is 4.98 Å². The molecule has 25 heavy (non-hydrogen) atoms. The number of nitro groups is 1. The van der Waals surface area contributed by atoms with Crippen LogP contribution in [0.5, 0.6) is 0 Å². The molecule has 0 radical (unpaired) electrons. The summed E-state index contributed by atoms with van der Waals surface area (Å²) in [5.41, 5.74) is 0.566. The fourth-order valence-electron chi connectivity index (χ4n) is 2.11. The summed E-state index contributed by atoms with van der Waals surface area (Å²) in [6.45, 7) is 1.67. The Morgan fingerprint density at radius 1 is 1.28 bits per heavy atom. The van der Waals surface area contributed by atoms with Crippen LogP contribution in [-0.2, 0) is 0 Å². The van der Waals surface area contributed by atoms with Gasteiger partial charge in [0.1, 0.15) is 11.7 Å². The summed E-state index contributed by atoms with van der Waals surface area (Å²) >= 11 is 0. The molecule has 0 saturated heterocycles. The molecule has 9 nitrogen and oxygen atoms in total. The van der Waals surface area contributed by atoms with Crippen LogP contribution in [0.2, 0.25) is 0 Å². The molecule has 2 aromatic heterocycles. The summed E-state index contributed by atoms with van der Waals surface area (Å²) < 4.78 is 5.16. The monoisotopic (exact) mass is 339 g/mol. The lowest BCUT2D eigenvalue weighted by atomic mass is 10.2. The molecule has 1 unspecified atom stereocenters. The van der Waals surface area contributed by atoms with E-state index in [9.17, 15) is 14.9 Å². The van der Waals surface area contributed by atoms with Crippen LogP contribution in [-0.4, -0.2) is 26.0 Å². The highest BCUT2D eigenvalue weighted by Crippen LogP contribution is 2.18. The maximum absolute atomic E-state index is 12.2. The summed E-state index contributed by atoms with van der Waals surface area (Å²) in [5, 5.41) is 17.3. The van der Waals surface area contributed by atoms with Crippen LogP contribution in [0, 0.1) is 10.1 Å². The minimum Gasteiger partial charge on any atom is -0.341 e. The number of hydrogen-bond acceptors (Lipinski definition) is 7. The van der Waals surface area contributed by atoms with Gasteiger partial charge in [-0.05, 0) is 25.1 Å². The fraction of sp³-hybridized carbons (Fsp3) is 0.125. The van der Waals surface area contributed by atoms with Gasteiger partial charge in [-0.1, -0.05) is 17.3 Å². The first kappa shape index (κ1) is 16.2. The highest BCUT2D eigenvalue weighted by molar-refractivity contribution is 5.94. The SMILES string of the molecule is CC(NC(=O)c1cccc([N+](=O)[O-])c1)c1nc(-c2ccccn2)no1. The van der Waals surface area contributed by atoms with E-state index >= 15 is 0 Å². The molecule has 1 amide bonds. The van der Waals surface area contributed by atoms with Crippen LogP contribution in [0.3, 0.4) is 0 Å². The quantitative estimate of drug-likeness (QED) is 0.559. The molecular weight excluding hydrogens is 326 g/mol. The van der Waals surface area contributed by atoms with Crippen molar-refractivity contribution in [1.29, 1.82) is 0 Å². The van der Waals surface area contributed by atoms with Crippen molar-refractivity contribution in [3.8, 4) is 11.5 Å². The van der Waals surface area contributed by atoms with E-state index in [1.165, 1.54) is 24.3 Å². The van der Waals surface area contributed by atoms with Gasteiger partial charge in [-0.15, -0.1) is 0 Å². The molecule has 126 valence electrons. The molecule has 3 aromatic rings. The van der Waals surface area contributed by atoms with E-state index in [0.29, 0.717) is 11.5 Å². The maximum Gasteiger partial charge on any atom is 0.270 e. The van der Waals surface area contributed by atoms with Crippen molar-refractivity contribution in [3.05, 3.63) is 70.2 Å². The van der Waals surface area contributed by atoms with Crippen molar-refractivity contribution < 1.29 is 14.2 Å². The zero-order valence-electron chi connectivity index (χ0n) is 13.1. The molecule has 0 bridgehead atoms. The number of benzene rings is 1. The molecule has 0 aliphatic rings. The maximum atomic E-state index is 12.2. The number of nitrogens with zero attached hydrogens (tertiary/aromatic N) is 4. The highest BCUT2D eigenvalue weighted by Gasteiger charge is 2.19. The third kappa shape index (κ3) is 3.66. The van der Waals surface area contributed by atoms with E-state index < -0.39 is 16.9 Å². The predicted octanol–water partition coefficient (Wildman–Crippen LogP) is 2.53. The van der Waals surface area contributed by atoms with Crippen molar-refractivity contribution in [2.45, 2.75) is 13.0 Å². The Kier molecular flexibility index (Phi) is 4.46. The Morgan fingerprint density at radius 2 is 2.12 bits per heavy atom. The standard InChI is InChI=1S/C16H13N5O4/c1-10(16-19-14(20-25-16)13-7-2-3-8-17-13)18-15(22)11-5-4-6-12(9-11)21(23)24/h2-10H,1H3,(H,18,22). The van der Waals surface area contributed by atoms with Crippen molar-refractivity contribution in [1.82, 2.24) is 20.4 Å². The minimum atomic E-state index is -0.572. The number of pyridine rings is 1. The average Bonchev–Trinajstić information content (AvgIpc) is 3.13. The van der Waals surface area contributed by atoms with Crippen LogP contribution in [0.4, 0.5) is 5.69 Å². The van der Waals surface area contributed by atoms with Crippen molar-refractivity contribution in [3.63, 3.8) is 0 Å². The molecular formula is C16H13N5O4. The third-order valence-electron chi connectivity index (χ3n) is 3.37. The molecule has 0 aliphatic heterocycles. The molecule has 1 aromatic carbocycles. The average molecular weight is 339 g/mol. The Hall–Kier alpha value is -3.62. The van der Waals surface area contributed by atoms with Crippen LogP contribution in [0.25, 0.3) is 11.5 Å². The first-order valence-corrected chi connectivity index (χ1v) is 7.35. The fourth-order valence-corrected chi connectivity index (χ4v) is 2.11. The molecule has 0 fully saturated rings. The molecule has 0 aliphatic carbocycles. The van der Waals surface area contributed by atoms with Crippen molar-refractivity contribution in [2.24, 2.45) is 0 Å². The number of hydrogen-bond donors (Lipinski definition) is 1. The first-order chi connectivity index (χ1) is 12.0. The molecule has 0 spiro atoms. The van der Waals surface area contributed by atoms with Gasteiger partial charge in [-0.25, -0.2) is 0 Å². The van der Waals surface area contributed by atoms with E-state index in [1.807, 2.05) is 0 Å². The summed E-state index contributed by atoms with van der Waals surface area (Å²) in [4.78, 5) is 30.8. The number of non-ortho nitro benzene ring substituents is 1. The predicted molar refractivity (Wildman–Crippen MR) is 86.5 cm³/mol. The van der Waals surface area contributed by atoms with Gasteiger partial charge in [0, 0.05) is 23.9 Å². The lowest BCUT2D eigenvalue weighted by Crippen LogP contribution is -2.26. The molecule has 3 rings (SSSR count). The zero-order valence-corrected chi connectivity index (χ0v) is 13.1. The number of rotatable bonds is 5. The Morgan fingerprint density at radius 3 is 2.84 bits per heavy atom. The Balaban J connectivity index is 1.73. The number of carbonyl (C=O) groups excluding carboxylic acids is 1. The van der Waals surface area contributed by atoms with E-state index in [-0.39, 0.29) is 17.1 Å². The van der Waals surface area contributed by atoms with Gasteiger partial charge in [0.2, 0.25) is 11.7 Å². The Labute approximate surface area is 141 Å². The normalized spacial score (nSPS) is 11.7.